The highest BCUT2D eigenvalue weighted by Crippen LogP contribution is 2.39. The van der Waals surface area contributed by atoms with Gasteiger partial charge in [0.1, 0.15) is 36.4 Å². The number of cyclic esters (lactones) is 1. The first-order chi connectivity index (χ1) is 29.0. The third-order valence-corrected chi connectivity index (χ3v) is 13.6. The van der Waals surface area contributed by atoms with Crippen molar-refractivity contribution in [3.05, 3.63) is 47.5 Å². The minimum absolute atomic E-state index is 0.0254. The van der Waals surface area contributed by atoms with Crippen molar-refractivity contribution < 1.29 is 62.6 Å². The summed E-state index contributed by atoms with van der Waals surface area (Å²) in [5.74, 6) is -7.04. The molecular weight excluding hydrogens is 787 g/mol. The van der Waals surface area contributed by atoms with Gasteiger partial charge in [-0.25, -0.2) is 4.79 Å². The summed E-state index contributed by atoms with van der Waals surface area (Å²) in [5.41, 5.74) is 1.63. The van der Waals surface area contributed by atoms with E-state index in [2.05, 4.69) is 0 Å². The van der Waals surface area contributed by atoms with Crippen molar-refractivity contribution in [3.63, 3.8) is 0 Å². The molecule has 2 bridgehead atoms. The summed E-state index contributed by atoms with van der Waals surface area (Å²) in [6.07, 6.45) is 4.74. The molecule has 3 fully saturated rings. The van der Waals surface area contributed by atoms with Gasteiger partial charge < -0.3 is 48.3 Å². The Morgan fingerprint density at radius 3 is 2.34 bits per heavy atom. The Bertz CT molecular complexity index is 1690. The lowest BCUT2D eigenvalue weighted by atomic mass is 9.81. The standard InChI is InChI=1S/C47H71NO13/c1-9-33-20-27(2)19-28(3)21-40(56-7)43-41(57-8)23-30(5)47(55,61-43)44(52)45(53)48-17-11-10-14-35(48)46(54)60-42(31(6)37(50)25-38(33)51)29(4)22-32-15-16-36(49)39(24-32)59-26-34-13-12-18-58-34/h12-13,18,20,22,28,30-33,35-37,39-43,49-50,55H,9-11,14-17,19,21,23-26H2,1-8H3/b27-20+,29-22?. The van der Waals surface area contributed by atoms with Crippen LogP contribution in [-0.2, 0) is 49.5 Å². The zero-order valence-electron chi connectivity index (χ0n) is 37.5. The maximum Gasteiger partial charge on any atom is 0.329 e. The minimum Gasteiger partial charge on any atom is -0.467 e. The predicted molar refractivity (Wildman–Crippen MR) is 225 cm³/mol. The van der Waals surface area contributed by atoms with Gasteiger partial charge in [-0.05, 0) is 108 Å². The number of carbonyl (C=O) groups excluding carboxylic acids is 4. The maximum absolute atomic E-state index is 14.4. The highest BCUT2D eigenvalue weighted by atomic mass is 16.7. The van der Waals surface area contributed by atoms with Gasteiger partial charge in [-0.3, -0.25) is 14.4 Å². The number of allylic oxidation sites excluding steroid dienone is 3. The summed E-state index contributed by atoms with van der Waals surface area (Å²) in [6.45, 7) is 11.4. The predicted octanol–water partition coefficient (Wildman–Crippen LogP) is 5.64. The fraction of sp³-hybridized carbons (Fsp3) is 0.745. The molecule has 3 aliphatic heterocycles. The van der Waals surface area contributed by atoms with Crippen LogP contribution in [0.3, 0.4) is 0 Å². The van der Waals surface area contributed by atoms with Crippen molar-refractivity contribution in [1.82, 2.24) is 4.90 Å². The molecule has 342 valence electrons. The number of esters is 1. The number of fused-ring (bicyclic) bond motifs is 3. The van der Waals surface area contributed by atoms with E-state index in [4.69, 9.17) is 28.1 Å². The van der Waals surface area contributed by atoms with Crippen LogP contribution in [-0.4, -0.2) is 119 Å². The topological polar surface area (TPSA) is 191 Å². The third-order valence-electron chi connectivity index (χ3n) is 13.6. The number of aliphatic hydroxyl groups is 3. The molecule has 0 spiro atoms. The fourth-order valence-corrected chi connectivity index (χ4v) is 9.90. The number of hydrogen-bond donors (Lipinski definition) is 3. The first-order valence-corrected chi connectivity index (χ1v) is 22.4. The third kappa shape index (κ3) is 11.9. The van der Waals surface area contributed by atoms with E-state index in [9.17, 15) is 34.5 Å². The Kier molecular flexibility index (Phi) is 17.5. The highest BCUT2D eigenvalue weighted by Gasteiger charge is 2.56. The molecule has 1 aromatic heterocycles. The van der Waals surface area contributed by atoms with Crippen molar-refractivity contribution in [1.29, 1.82) is 0 Å². The van der Waals surface area contributed by atoms with Gasteiger partial charge in [0.2, 0.25) is 5.79 Å². The van der Waals surface area contributed by atoms with E-state index in [0.29, 0.717) is 62.7 Å². The van der Waals surface area contributed by atoms with Gasteiger partial charge in [0.05, 0.1) is 36.8 Å². The van der Waals surface area contributed by atoms with Crippen LogP contribution in [0.2, 0.25) is 0 Å². The number of rotatable bonds is 8. The first-order valence-electron chi connectivity index (χ1n) is 22.4. The van der Waals surface area contributed by atoms with Gasteiger partial charge >= 0.3 is 5.97 Å². The summed E-state index contributed by atoms with van der Waals surface area (Å²) in [7, 11) is 3.06. The van der Waals surface area contributed by atoms with Crippen molar-refractivity contribution in [2.45, 2.75) is 173 Å². The normalized spacial score (nSPS) is 39.1. The molecule has 2 saturated heterocycles. The molecule has 0 radical (unpaired) electrons. The number of methoxy groups -OCH3 is 2. The van der Waals surface area contributed by atoms with Crippen molar-refractivity contribution in [2.24, 2.45) is 29.6 Å². The maximum atomic E-state index is 14.4. The summed E-state index contributed by atoms with van der Waals surface area (Å²) >= 11 is 0. The molecule has 14 nitrogen and oxygen atoms in total. The van der Waals surface area contributed by atoms with Gasteiger partial charge in [-0.15, -0.1) is 0 Å². The number of amides is 1. The lowest BCUT2D eigenvalue weighted by Gasteiger charge is -2.47. The molecule has 1 aromatic rings. The van der Waals surface area contributed by atoms with Gasteiger partial charge in [0.25, 0.3) is 11.7 Å². The SMILES string of the molecule is CCC1/C=C(\C)CC(C)CC(OC)C2OC(O)(C(=O)C(=O)N3CCCCC3C(=O)OC(C(C)=CC3CCC(O)C(OCc4ccco4)C3)C(C)C(O)CC1=O)C(C)CC2OC. The number of carbonyl (C=O) groups is 4. The molecule has 61 heavy (non-hydrogen) atoms. The second-order valence-electron chi connectivity index (χ2n) is 18.3. The fourth-order valence-electron chi connectivity index (χ4n) is 9.90. The number of ketones is 2. The van der Waals surface area contributed by atoms with Crippen molar-refractivity contribution >= 4 is 23.4 Å². The van der Waals surface area contributed by atoms with Crippen LogP contribution >= 0.6 is 0 Å². The molecule has 4 aliphatic rings. The molecule has 0 aromatic carbocycles. The molecule has 14 atom stereocenters. The van der Waals surface area contributed by atoms with Gasteiger partial charge in [-0.2, -0.15) is 0 Å². The first kappa shape index (κ1) is 48.8. The minimum atomic E-state index is -2.51. The number of nitrogens with zero attached hydrogens (tertiary/aromatic N) is 1. The van der Waals surface area contributed by atoms with Crippen LogP contribution in [0.25, 0.3) is 0 Å². The number of ether oxygens (including phenoxy) is 5. The number of furan rings is 1. The Hall–Kier alpha value is -3.24. The van der Waals surface area contributed by atoms with Crippen molar-refractivity contribution in [3.8, 4) is 0 Å². The second-order valence-corrected chi connectivity index (χ2v) is 18.3. The van der Waals surface area contributed by atoms with E-state index in [-0.39, 0.29) is 50.0 Å². The van der Waals surface area contributed by atoms with Crippen LogP contribution in [0.5, 0.6) is 0 Å². The number of aliphatic hydroxyl groups excluding tert-OH is 2. The number of piperidine rings is 1. The molecule has 14 heteroatoms. The molecular formula is C47H71NO13. The van der Waals surface area contributed by atoms with Gasteiger partial charge in [0, 0.05) is 44.9 Å². The van der Waals surface area contributed by atoms with E-state index in [1.807, 2.05) is 39.8 Å². The summed E-state index contributed by atoms with van der Waals surface area (Å²) < 4.78 is 35.8. The Morgan fingerprint density at radius 2 is 1.67 bits per heavy atom. The van der Waals surface area contributed by atoms with Crippen LogP contribution in [0.1, 0.15) is 118 Å². The van der Waals surface area contributed by atoms with Crippen LogP contribution < -0.4 is 0 Å². The molecule has 1 aliphatic carbocycles. The number of hydrogen-bond acceptors (Lipinski definition) is 13. The van der Waals surface area contributed by atoms with Gasteiger partial charge in [-0.1, -0.05) is 45.4 Å². The van der Waals surface area contributed by atoms with E-state index in [0.717, 1.165) is 5.57 Å². The largest absolute Gasteiger partial charge is 0.467 e. The summed E-state index contributed by atoms with van der Waals surface area (Å²) in [6, 6.07) is 2.42. The Labute approximate surface area is 361 Å². The zero-order chi connectivity index (χ0) is 44.6. The molecule has 3 N–H and O–H groups in total. The van der Waals surface area contributed by atoms with Crippen LogP contribution in [0.4, 0.5) is 0 Å². The van der Waals surface area contributed by atoms with E-state index in [1.165, 1.54) is 19.1 Å². The second kappa shape index (κ2) is 21.9. The van der Waals surface area contributed by atoms with Crippen LogP contribution in [0.15, 0.2) is 46.1 Å². The van der Waals surface area contributed by atoms with E-state index < -0.39 is 90.0 Å². The van der Waals surface area contributed by atoms with E-state index >= 15 is 0 Å². The van der Waals surface area contributed by atoms with Crippen molar-refractivity contribution in [2.75, 3.05) is 20.8 Å². The summed E-state index contributed by atoms with van der Waals surface area (Å²) in [5, 5.41) is 34.6. The Morgan fingerprint density at radius 1 is 0.951 bits per heavy atom. The molecule has 5 rings (SSSR count). The zero-order valence-corrected chi connectivity index (χ0v) is 37.5. The lowest BCUT2D eigenvalue weighted by molar-refractivity contribution is -0.302. The van der Waals surface area contributed by atoms with E-state index in [1.54, 1.807) is 32.2 Å². The summed E-state index contributed by atoms with van der Waals surface area (Å²) in [4.78, 5) is 58.1. The quantitative estimate of drug-likeness (QED) is 0.166. The molecule has 14 unspecified atom stereocenters. The highest BCUT2D eigenvalue weighted by molar-refractivity contribution is 6.39. The lowest BCUT2D eigenvalue weighted by Crippen LogP contribution is -2.64. The average molecular weight is 858 g/mol. The average Bonchev–Trinajstić information content (AvgIpc) is 3.77. The number of Topliss-reactive ketones (excluding diaryl/α,β-unsaturated/α-hetero) is 2. The smallest absolute Gasteiger partial charge is 0.329 e. The molecule has 4 heterocycles. The Balaban J connectivity index is 1.49. The monoisotopic (exact) mass is 857 g/mol. The van der Waals surface area contributed by atoms with Crippen LogP contribution in [0, 0.1) is 29.6 Å². The van der Waals surface area contributed by atoms with Gasteiger partial charge in [0.15, 0.2) is 0 Å². The molecule has 1 amide bonds. The molecule has 1 saturated carbocycles.